The Morgan fingerprint density at radius 2 is 2.05 bits per heavy atom. The van der Waals surface area contributed by atoms with Crippen LogP contribution in [0, 0.1) is 5.92 Å². The normalized spacial score (nSPS) is 18.1. The average molecular weight is 305 g/mol. The van der Waals surface area contributed by atoms with Crippen LogP contribution in [0.15, 0.2) is 4.99 Å². The molecule has 0 atom stereocenters. The van der Waals surface area contributed by atoms with Crippen molar-refractivity contribution in [2.45, 2.75) is 19.3 Å². The van der Waals surface area contributed by atoms with E-state index in [1.54, 1.807) is 7.05 Å². The van der Waals surface area contributed by atoms with Gasteiger partial charge in [0.2, 0.25) is 0 Å². The molecule has 0 unspecified atom stereocenters. The number of nitrogens with zero attached hydrogens (tertiary/aromatic N) is 2. The molecule has 0 radical (unpaired) electrons. The molecule has 0 aromatic heterocycles. The first-order valence-corrected chi connectivity index (χ1v) is 9.15. The first-order chi connectivity index (χ1) is 9.42. The Labute approximate surface area is 122 Å². The van der Waals surface area contributed by atoms with Crippen molar-refractivity contribution in [3.8, 4) is 0 Å². The molecule has 0 saturated carbocycles. The molecule has 20 heavy (non-hydrogen) atoms. The lowest BCUT2D eigenvalue weighted by molar-refractivity contribution is 0.0625. The third kappa shape index (κ3) is 7.09. The Bertz CT molecular complexity index is 403. The summed E-state index contributed by atoms with van der Waals surface area (Å²) >= 11 is 0. The second-order valence-corrected chi connectivity index (χ2v) is 7.63. The van der Waals surface area contributed by atoms with Gasteiger partial charge in [-0.1, -0.05) is 0 Å². The number of ether oxygens (including phenoxy) is 1. The molecule has 1 aliphatic rings. The fourth-order valence-corrected chi connectivity index (χ4v) is 2.72. The predicted molar refractivity (Wildman–Crippen MR) is 81.9 cm³/mol. The van der Waals surface area contributed by atoms with Gasteiger partial charge in [-0.3, -0.25) is 4.99 Å². The van der Waals surface area contributed by atoms with E-state index in [1.165, 1.54) is 6.26 Å². The van der Waals surface area contributed by atoms with Crippen molar-refractivity contribution >= 4 is 15.8 Å². The standard InChI is InChI=1S/C13H27N3O3S/c1-14-13(15-7-11-20(3,17)18)16(2)8-4-12-5-9-19-10-6-12/h12H,4-11H2,1-3H3,(H,14,15). The van der Waals surface area contributed by atoms with Crippen LogP contribution >= 0.6 is 0 Å². The maximum absolute atomic E-state index is 11.1. The van der Waals surface area contributed by atoms with E-state index >= 15 is 0 Å². The van der Waals surface area contributed by atoms with E-state index in [9.17, 15) is 8.42 Å². The van der Waals surface area contributed by atoms with Gasteiger partial charge in [0, 0.05) is 46.7 Å². The summed E-state index contributed by atoms with van der Waals surface area (Å²) in [5, 5.41) is 3.09. The minimum Gasteiger partial charge on any atom is -0.381 e. The van der Waals surface area contributed by atoms with Crippen LogP contribution in [0.4, 0.5) is 0 Å². The molecule has 1 fully saturated rings. The Balaban J connectivity index is 2.29. The fourth-order valence-electron chi connectivity index (χ4n) is 2.25. The largest absolute Gasteiger partial charge is 0.381 e. The molecule has 0 spiro atoms. The predicted octanol–water partition coefficient (Wildman–Crippen LogP) is 0.355. The van der Waals surface area contributed by atoms with Crippen molar-refractivity contribution < 1.29 is 13.2 Å². The highest BCUT2D eigenvalue weighted by atomic mass is 32.2. The number of hydrogen-bond acceptors (Lipinski definition) is 4. The van der Waals surface area contributed by atoms with Crippen LogP contribution in [0.3, 0.4) is 0 Å². The lowest BCUT2D eigenvalue weighted by atomic mass is 9.96. The minimum absolute atomic E-state index is 0.125. The topological polar surface area (TPSA) is 71.0 Å². The molecule has 6 nitrogen and oxygen atoms in total. The smallest absolute Gasteiger partial charge is 0.193 e. The van der Waals surface area contributed by atoms with Gasteiger partial charge in [0.15, 0.2) is 5.96 Å². The molecule has 1 heterocycles. The third-order valence-corrected chi connectivity index (χ3v) is 4.49. The van der Waals surface area contributed by atoms with Gasteiger partial charge in [0.1, 0.15) is 9.84 Å². The second kappa shape index (κ2) is 8.46. The minimum atomic E-state index is -2.93. The second-order valence-electron chi connectivity index (χ2n) is 5.37. The lowest BCUT2D eigenvalue weighted by Crippen LogP contribution is -2.41. The fraction of sp³-hybridized carbons (Fsp3) is 0.923. The zero-order valence-corrected chi connectivity index (χ0v) is 13.6. The van der Waals surface area contributed by atoms with Gasteiger partial charge in [-0.05, 0) is 25.2 Å². The summed E-state index contributed by atoms with van der Waals surface area (Å²) in [6, 6.07) is 0. The molecule has 118 valence electrons. The van der Waals surface area contributed by atoms with E-state index in [1.807, 2.05) is 7.05 Å². The third-order valence-electron chi connectivity index (χ3n) is 3.54. The molecular weight excluding hydrogens is 278 g/mol. The summed E-state index contributed by atoms with van der Waals surface area (Å²) in [5.41, 5.74) is 0. The molecule has 7 heteroatoms. The van der Waals surface area contributed by atoms with Gasteiger partial charge in [-0.15, -0.1) is 0 Å². The van der Waals surface area contributed by atoms with Crippen LogP contribution in [-0.2, 0) is 14.6 Å². The monoisotopic (exact) mass is 305 g/mol. The summed E-state index contributed by atoms with van der Waals surface area (Å²) in [6.45, 7) is 3.06. The molecule has 1 aliphatic heterocycles. The van der Waals surface area contributed by atoms with E-state index in [4.69, 9.17) is 4.74 Å². The number of nitrogens with one attached hydrogen (secondary N) is 1. The van der Waals surface area contributed by atoms with Gasteiger partial charge in [-0.25, -0.2) is 8.42 Å². The first kappa shape index (κ1) is 17.2. The molecular formula is C13H27N3O3S. The summed E-state index contributed by atoms with van der Waals surface area (Å²) in [7, 11) is 0.764. The van der Waals surface area contributed by atoms with Crippen LogP contribution in [-0.4, -0.2) is 71.7 Å². The number of guanidine groups is 1. The van der Waals surface area contributed by atoms with Crippen molar-refractivity contribution in [2.24, 2.45) is 10.9 Å². The Morgan fingerprint density at radius 3 is 2.60 bits per heavy atom. The van der Waals surface area contributed by atoms with E-state index in [0.29, 0.717) is 6.54 Å². The van der Waals surface area contributed by atoms with Gasteiger partial charge >= 0.3 is 0 Å². The summed E-state index contributed by atoms with van der Waals surface area (Å²) in [4.78, 5) is 6.24. The zero-order valence-electron chi connectivity index (χ0n) is 12.8. The highest BCUT2D eigenvalue weighted by Gasteiger charge is 2.15. The summed E-state index contributed by atoms with van der Waals surface area (Å²) in [5.74, 6) is 1.60. The molecule has 1 rings (SSSR count). The maximum Gasteiger partial charge on any atom is 0.193 e. The molecule has 0 aromatic rings. The van der Waals surface area contributed by atoms with Gasteiger partial charge in [0.05, 0.1) is 5.75 Å². The molecule has 0 aliphatic carbocycles. The SMILES string of the molecule is CN=C(NCCS(C)(=O)=O)N(C)CCC1CCOCC1. The van der Waals surface area contributed by atoms with E-state index in [0.717, 1.165) is 50.9 Å². The molecule has 0 bridgehead atoms. The molecule has 0 amide bonds. The Morgan fingerprint density at radius 1 is 1.40 bits per heavy atom. The quantitative estimate of drug-likeness (QED) is 0.566. The summed E-state index contributed by atoms with van der Waals surface area (Å²) in [6.07, 6.45) is 4.63. The van der Waals surface area contributed by atoms with Crippen LogP contribution in [0.25, 0.3) is 0 Å². The molecule has 1 N–H and O–H groups in total. The van der Waals surface area contributed by atoms with Crippen molar-refractivity contribution in [2.75, 3.05) is 52.4 Å². The molecule has 0 aromatic carbocycles. The lowest BCUT2D eigenvalue weighted by Gasteiger charge is -2.26. The van der Waals surface area contributed by atoms with E-state index in [-0.39, 0.29) is 5.75 Å². The van der Waals surface area contributed by atoms with Crippen LogP contribution in [0.2, 0.25) is 0 Å². The Hall–Kier alpha value is -0.820. The van der Waals surface area contributed by atoms with E-state index < -0.39 is 9.84 Å². The van der Waals surface area contributed by atoms with Crippen molar-refractivity contribution in [3.05, 3.63) is 0 Å². The van der Waals surface area contributed by atoms with Gasteiger partial charge in [0.25, 0.3) is 0 Å². The van der Waals surface area contributed by atoms with Gasteiger partial charge in [-0.2, -0.15) is 0 Å². The van der Waals surface area contributed by atoms with Crippen LogP contribution in [0.5, 0.6) is 0 Å². The summed E-state index contributed by atoms with van der Waals surface area (Å²) < 4.78 is 27.5. The zero-order chi connectivity index (χ0) is 15.0. The molecule has 1 saturated heterocycles. The number of hydrogen-bond donors (Lipinski definition) is 1. The van der Waals surface area contributed by atoms with Gasteiger partial charge < -0.3 is 15.0 Å². The van der Waals surface area contributed by atoms with E-state index in [2.05, 4.69) is 15.2 Å². The highest BCUT2D eigenvalue weighted by Crippen LogP contribution is 2.18. The maximum atomic E-state index is 11.1. The number of aliphatic imine (C=N–C) groups is 1. The first-order valence-electron chi connectivity index (χ1n) is 7.09. The van der Waals surface area contributed by atoms with Crippen LogP contribution < -0.4 is 5.32 Å². The average Bonchev–Trinajstić information content (AvgIpc) is 2.41. The highest BCUT2D eigenvalue weighted by molar-refractivity contribution is 7.90. The van der Waals surface area contributed by atoms with Crippen molar-refractivity contribution in [1.82, 2.24) is 10.2 Å². The number of rotatable bonds is 6. The van der Waals surface area contributed by atoms with Crippen LogP contribution in [0.1, 0.15) is 19.3 Å². The number of sulfone groups is 1. The van der Waals surface area contributed by atoms with Crippen molar-refractivity contribution in [3.63, 3.8) is 0 Å². The van der Waals surface area contributed by atoms with Crippen molar-refractivity contribution in [1.29, 1.82) is 0 Å². The Kier molecular flexibility index (Phi) is 7.29.